The fourth-order valence-electron chi connectivity index (χ4n) is 4.17. The van der Waals surface area contributed by atoms with Crippen molar-refractivity contribution in [1.82, 2.24) is 4.90 Å². The van der Waals surface area contributed by atoms with Crippen molar-refractivity contribution in [3.8, 4) is 5.75 Å². The SMILES string of the molecule is C=C(C(=O)N1CCC2(CC1)COc1ccc(CN)cc12)c1c(F)cccc1F. The molecule has 1 saturated heterocycles. The van der Waals surface area contributed by atoms with E-state index in [2.05, 4.69) is 12.6 Å². The lowest BCUT2D eigenvalue weighted by molar-refractivity contribution is -0.126. The summed E-state index contributed by atoms with van der Waals surface area (Å²) in [6.45, 7) is 5.64. The van der Waals surface area contributed by atoms with Crippen molar-refractivity contribution in [2.45, 2.75) is 24.8 Å². The van der Waals surface area contributed by atoms with Crippen LogP contribution in [0.1, 0.15) is 29.5 Å². The third-order valence-electron chi connectivity index (χ3n) is 5.89. The quantitative estimate of drug-likeness (QED) is 0.826. The molecule has 0 atom stereocenters. The summed E-state index contributed by atoms with van der Waals surface area (Å²) in [5.74, 6) is -1.12. The van der Waals surface area contributed by atoms with Crippen molar-refractivity contribution in [2.75, 3.05) is 19.7 Å². The highest BCUT2D eigenvalue weighted by Crippen LogP contribution is 2.46. The zero-order chi connectivity index (χ0) is 19.9. The molecular weight excluding hydrogens is 362 g/mol. The second kappa shape index (κ2) is 7.02. The topological polar surface area (TPSA) is 55.6 Å². The van der Waals surface area contributed by atoms with Gasteiger partial charge in [0.05, 0.1) is 12.2 Å². The average Bonchev–Trinajstić information content (AvgIpc) is 3.05. The van der Waals surface area contributed by atoms with Crippen LogP contribution in [0, 0.1) is 11.6 Å². The largest absolute Gasteiger partial charge is 0.492 e. The number of carbonyl (C=O) groups is 1. The number of nitrogens with two attached hydrogens (primary N) is 1. The molecule has 1 amide bonds. The number of benzene rings is 2. The van der Waals surface area contributed by atoms with Gasteiger partial charge in [0.15, 0.2) is 0 Å². The highest BCUT2D eigenvalue weighted by atomic mass is 19.1. The Hall–Kier alpha value is -2.73. The van der Waals surface area contributed by atoms with Gasteiger partial charge in [-0.2, -0.15) is 0 Å². The summed E-state index contributed by atoms with van der Waals surface area (Å²) >= 11 is 0. The Morgan fingerprint density at radius 2 is 1.86 bits per heavy atom. The number of halogens is 2. The molecule has 0 saturated carbocycles. The maximum Gasteiger partial charge on any atom is 0.254 e. The zero-order valence-electron chi connectivity index (χ0n) is 15.5. The molecule has 2 aliphatic heterocycles. The summed E-state index contributed by atoms with van der Waals surface area (Å²) in [7, 11) is 0. The Balaban J connectivity index is 1.51. The van der Waals surface area contributed by atoms with Crippen LogP contribution in [-0.2, 0) is 16.8 Å². The average molecular weight is 384 g/mol. The smallest absolute Gasteiger partial charge is 0.254 e. The van der Waals surface area contributed by atoms with Gasteiger partial charge in [0.25, 0.3) is 5.91 Å². The first kappa shape index (κ1) is 18.6. The summed E-state index contributed by atoms with van der Waals surface area (Å²) in [5.41, 5.74) is 7.30. The number of hydrogen-bond donors (Lipinski definition) is 1. The predicted molar refractivity (Wildman–Crippen MR) is 103 cm³/mol. The summed E-state index contributed by atoms with van der Waals surface area (Å²) in [4.78, 5) is 14.4. The van der Waals surface area contributed by atoms with Crippen molar-refractivity contribution < 1.29 is 18.3 Å². The molecule has 2 aromatic rings. The number of fused-ring (bicyclic) bond motifs is 2. The van der Waals surface area contributed by atoms with Gasteiger partial charge in [-0.1, -0.05) is 24.8 Å². The van der Waals surface area contributed by atoms with Gasteiger partial charge in [-0.25, -0.2) is 8.78 Å². The van der Waals surface area contributed by atoms with Crippen molar-refractivity contribution in [1.29, 1.82) is 0 Å². The molecule has 2 N–H and O–H groups in total. The van der Waals surface area contributed by atoms with Crippen molar-refractivity contribution in [2.24, 2.45) is 5.73 Å². The third kappa shape index (κ3) is 2.98. The second-order valence-corrected chi connectivity index (χ2v) is 7.47. The number of nitrogens with zero attached hydrogens (tertiary/aromatic N) is 1. The molecule has 2 aliphatic rings. The van der Waals surface area contributed by atoms with E-state index >= 15 is 0 Å². The molecule has 1 spiro atoms. The van der Waals surface area contributed by atoms with E-state index in [9.17, 15) is 13.6 Å². The van der Waals surface area contributed by atoms with E-state index in [0.717, 1.165) is 29.0 Å². The van der Waals surface area contributed by atoms with Gasteiger partial charge in [0.2, 0.25) is 0 Å². The van der Waals surface area contributed by atoms with Crippen LogP contribution in [0.15, 0.2) is 43.0 Å². The molecule has 1 fully saturated rings. The van der Waals surface area contributed by atoms with Crippen molar-refractivity contribution >= 4 is 11.5 Å². The first-order valence-electron chi connectivity index (χ1n) is 9.34. The number of ether oxygens (including phenoxy) is 1. The molecule has 6 heteroatoms. The van der Waals surface area contributed by atoms with E-state index in [0.29, 0.717) is 39.1 Å². The molecule has 28 heavy (non-hydrogen) atoms. The Kier molecular flexibility index (Phi) is 4.67. The van der Waals surface area contributed by atoms with Crippen LogP contribution in [0.5, 0.6) is 5.75 Å². The fourth-order valence-corrected chi connectivity index (χ4v) is 4.17. The minimum absolute atomic E-state index is 0.151. The second-order valence-electron chi connectivity index (χ2n) is 7.47. The van der Waals surface area contributed by atoms with Crippen LogP contribution in [-0.4, -0.2) is 30.5 Å². The molecule has 146 valence electrons. The first-order chi connectivity index (χ1) is 13.4. The highest BCUT2D eigenvalue weighted by Gasteiger charge is 2.44. The number of carbonyl (C=O) groups excluding carboxylic acids is 1. The lowest BCUT2D eigenvalue weighted by atomic mass is 9.74. The van der Waals surface area contributed by atoms with Gasteiger partial charge in [-0.3, -0.25) is 4.79 Å². The van der Waals surface area contributed by atoms with Gasteiger partial charge in [0.1, 0.15) is 17.4 Å². The maximum atomic E-state index is 14.0. The first-order valence-corrected chi connectivity index (χ1v) is 9.34. The normalized spacial score (nSPS) is 17.3. The number of amides is 1. The minimum Gasteiger partial charge on any atom is -0.492 e. The summed E-state index contributed by atoms with van der Waals surface area (Å²) in [6, 6.07) is 9.53. The highest BCUT2D eigenvalue weighted by molar-refractivity contribution is 6.18. The summed E-state index contributed by atoms with van der Waals surface area (Å²) in [5, 5.41) is 0. The Morgan fingerprint density at radius 1 is 1.18 bits per heavy atom. The van der Waals surface area contributed by atoms with Crippen LogP contribution in [0.4, 0.5) is 8.78 Å². The van der Waals surface area contributed by atoms with E-state index in [1.807, 2.05) is 12.1 Å². The standard InChI is InChI=1S/C22H22F2N2O2/c1-14(20-17(23)3-2-4-18(20)24)21(27)26-9-7-22(8-10-26)13-28-19-6-5-15(12-25)11-16(19)22/h2-6,11H,1,7-10,12-13,25H2. The van der Waals surface area contributed by atoms with Gasteiger partial charge in [-0.15, -0.1) is 0 Å². The van der Waals surface area contributed by atoms with Gasteiger partial charge >= 0.3 is 0 Å². The van der Waals surface area contributed by atoms with Crippen LogP contribution in [0.3, 0.4) is 0 Å². The predicted octanol–water partition coefficient (Wildman–Crippen LogP) is 3.39. The van der Waals surface area contributed by atoms with Crippen LogP contribution >= 0.6 is 0 Å². The van der Waals surface area contributed by atoms with E-state index in [1.54, 1.807) is 4.90 Å². The van der Waals surface area contributed by atoms with E-state index in [1.165, 1.54) is 6.07 Å². The minimum atomic E-state index is -0.778. The van der Waals surface area contributed by atoms with Crippen LogP contribution in [0.2, 0.25) is 0 Å². The van der Waals surface area contributed by atoms with Crippen LogP contribution < -0.4 is 10.5 Å². The Morgan fingerprint density at radius 3 is 2.50 bits per heavy atom. The Bertz CT molecular complexity index is 929. The number of hydrogen-bond acceptors (Lipinski definition) is 3. The number of rotatable bonds is 3. The maximum absolute atomic E-state index is 14.0. The van der Waals surface area contributed by atoms with Crippen molar-refractivity contribution in [3.63, 3.8) is 0 Å². The lowest BCUT2D eigenvalue weighted by Gasteiger charge is -2.39. The molecular formula is C22H22F2N2O2. The lowest BCUT2D eigenvalue weighted by Crippen LogP contribution is -2.46. The van der Waals surface area contributed by atoms with E-state index in [4.69, 9.17) is 10.5 Å². The van der Waals surface area contributed by atoms with E-state index < -0.39 is 17.5 Å². The molecule has 4 rings (SSSR count). The molecule has 0 unspecified atom stereocenters. The molecule has 0 aromatic heterocycles. The molecule has 0 radical (unpaired) electrons. The zero-order valence-corrected chi connectivity index (χ0v) is 15.5. The third-order valence-corrected chi connectivity index (χ3v) is 5.89. The fraction of sp³-hybridized carbons (Fsp3) is 0.318. The summed E-state index contributed by atoms with van der Waals surface area (Å²) in [6.07, 6.45) is 1.43. The number of likely N-dealkylation sites (tertiary alicyclic amines) is 1. The summed E-state index contributed by atoms with van der Waals surface area (Å²) < 4.78 is 33.9. The van der Waals surface area contributed by atoms with Gasteiger partial charge in [-0.05, 0) is 36.6 Å². The van der Waals surface area contributed by atoms with Crippen LogP contribution in [0.25, 0.3) is 5.57 Å². The number of piperidine rings is 1. The van der Waals surface area contributed by atoms with E-state index in [-0.39, 0.29) is 16.6 Å². The molecule has 0 aliphatic carbocycles. The molecule has 2 heterocycles. The molecule has 4 nitrogen and oxygen atoms in total. The Labute approximate surface area is 162 Å². The van der Waals surface area contributed by atoms with Gasteiger partial charge < -0.3 is 15.4 Å². The molecule has 0 bridgehead atoms. The molecule has 2 aromatic carbocycles. The van der Waals surface area contributed by atoms with Crippen molar-refractivity contribution in [3.05, 3.63) is 71.3 Å². The monoisotopic (exact) mass is 384 g/mol. The van der Waals surface area contributed by atoms with Gasteiger partial charge in [0, 0.05) is 36.2 Å².